The number of aliphatic hydroxyl groups excluding tert-OH is 1. The lowest BCUT2D eigenvalue weighted by molar-refractivity contribution is -0.130. The van der Waals surface area contributed by atoms with Crippen molar-refractivity contribution in [3.05, 3.63) is 66.0 Å². The van der Waals surface area contributed by atoms with Crippen LogP contribution in [0.5, 0.6) is 0 Å². The summed E-state index contributed by atoms with van der Waals surface area (Å²) in [6.07, 6.45) is 8.75. The van der Waals surface area contributed by atoms with Crippen molar-refractivity contribution in [3.8, 4) is 22.5 Å². The quantitative estimate of drug-likeness (QED) is 0.0136. The van der Waals surface area contributed by atoms with Gasteiger partial charge in [-0.2, -0.15) is 11.8 Å². The van der Waals surface area contributed by atoms with Crippen molar-refractivity contribution in [1.29, 1.82) is 0 Å². The molecule has 22 nitrogen and oxygen atoms in total. The number of nitrogens with zero attached hydrogens (tertiary/aromatic N) is 6. The molecule has 1 aliphatic heterocycles. The molecule has 2 amide bonds. The molecule has 2 aromatic carbocycles. The van der Waals surface area contributed by atoms with Gasteiger partial charge in [0.15, 0.2) is 0 Å². The van der Waals surface area contributed by atoms with Gasteiger partial charge in [0.1, 0.15) is 18.3 Å². The molecule has 0 fully saturated rings. The van der Waals surface area contributed by atoms with Crippen LogP contribution >= 0.6 is 20.4 Å². The number of hydrogen-bond donors (Lipinski definition) is 5. The first-order chi connectivity index (χ1) is 38.6. The first-order valence-corrected chi connectivity index (χ1v) is 29.5. The number of hydrogen-bond acceptors (Lipinski definition) is 20. The van der Waals surface area contributed by atoms with Gasteiger partial charge in [0.05, 0.1) is 109 Å². The van der Waals surface area contributed by atoms with Gasteiger partial charge in [-0.05, 0) is 43.7 Å². The Kier molecular flexibility index (Phi) is 47.6. The number of ether oxygens (including phenoxy) is 5. The Morgan fingerprint density at radius 3 is 2.01 bits per heavy atom. The van der Waals surface area contributed by atoms with Gasteiger partial charge in [0.25, 0.3) is 0 Å². The largest absolute Gasteiger partial charge is 0.401 e. The maximum absolute atomic E-state index is 13.3. The highest BCUT2D eigenvalue weighted by Gasteiger charge is 2.29. The minimum atomic E-state index is -1.73. The fourth-order valence-electron chi connectivity index (χ4n) is 7.07. The molecule has 450 valence electrons. The summed E-state index contributed by atoms with van der Waals surface area (Å²) in [6.45, 7) is 17.7. The van der Waals surface area contributed by atoms with Gasteiger partial charge in [0.2, 0.25) is 11.8 Å². The first-order valence-electron chi connectivity index (χ1n) is 27.4. The lowest BCUT2D eigenvalue weighted by atomic mass is 9.95. The monoisotopic (exact) mass is 1150 g/mol. The fraction of sp³-hybridized carbons (Fsp3) is 0.636. The Hall–Kier alpha value is -4.46. The van der Waals surface area contributed by atoms with Crippen LogP contribution in [0.2, 0.25) is 0 Å². The minimum Gasteiger partial charge on any atom is -0.401 e. The Morgan fingerprint density at radius 1 is 0.835 bits per heavy atom. The number of nitrogens with two attached hydrogens (primary N) is 2. The van der Waals surface area contributed by atoms with E-state index in [1.165, 1.54) is 28.8 Å². The van der Waals surface area contributed by atoms with Gasteiger partial charge in [-0.3, -0.25) is 9.59 Å². The van der Waals surface area contributed by atoms with Crippen molar-refractivity contribution < 1.29 is 61.9 Å². The molecule has 0 radical (unpaired) electrons. The predicted octanol–water partition coefficient (Wildman–Crippen LogP) is 6.37. The van der Waals surface area contributed by atoms with Gasteiger partial charge in [-0.1, -0.05) is 95.1 Å². The van der Waals surface area contributed by atoms with Crippen LogP contribution in [0.1, 0.15) is 91.5 Å². The molecule has 0 saturated heterocycles. The van der Waals surface area contributed by atoms with Gasteiger partial charge >= 0.3 is 8.60 Å². The molecule has 0 spiro atoms. The van der Waals surface area contributed by atoms with Crippen molar-refractivity contribution >= 4 is 50.4 Å². The van der Waals surface area contributed by atoms with Crippen LogP contribution in [0.15, 0.2) is 60.4 Å². The smallest absolute Gasteiger partial charge is 0.329 e. The van der Waals surface area contributed by atoms with Crippen molar-refractivity contribution in [2.45, 2.75) is 104 Å². The van der Waals surface area contributed by atoms with E-state index in [4.69, 9.17) is 49.8 Å². The number of hydrazine groups is 1. The summed E-state index contributed by atoms with van der Waals surface area (Å²) in [6, 6.07) is 16.0. The average Bonchev–Trinajstić information content (AvgIpc) is 4.04. The number of para-hydroxylation sites is 1. The number of benzene rings is 2. The molecule has 0 bridgehead atoms. The zero-order chi connectivity index (χ0) is 58.9. The Balaban J connectivity index is 0.00000171. The molecular weight excluding hydrogens is 1060 g/mol. The summed E-state index contributed by atoms with van der Waals surface area (Å²) in [7, 11) is 4.16. The van der Waals surface area contributed by atoms with Crippen LogP contribution in [-0.2, 0) is 65.0 Å². The van der Waals surface area contributed by atoms with Crippen LogP contribution in [0, 0.1) is 0 Å². The van der Waals surface area contributed by atoms with Crippen LogP contribution in [0.3, 0.4) is 0 Å². The lowest BCUT2D eigenvalue weighted by Crippen LogP contribution is -2.33. The summed E-state index contributed by atoms with van der Waals surface area (Å²) < 4.78 is 39.6. The number of carbonyl (C=O) groups excluding carboxylic acids is 4. The van der Waals surface area contributed by atoms with Crippen molar-refractivity contribution in [2.24, 2.45) is 11.6 Å². The SMILES string of the molecule is CC.CC.CC/C(N)=C/N(N)CCOCCOCCOCCOCCOCCn1nnc2c1-c1ccccc1CN(C(=O)CCNC)c1ccccc1-2.CO.COP(O)OCCCCCCSC(C=O)CC(=O)N(C)CCC=O. The van der Waals surface area contributed by atoms with E-state index >= 15 is 0 Å². The van der Waals surface area contributed by atoms with Crippen molar-refractivity contribution in [1.82, 2.24) is 30.2 Å². The highest BCUT2D eigenvalue weighted by atomic mass is 32.2. The van der Waals surface area contributed by atoms with Crippen LogP contribution in [-0.4, -0.2) is 191 Å². The van der Waals surface area contributed by atoms with Crippen molar-refractivity contribution in [3.63, 3.8) is 0 Å². The third kappa shape index (κ3) is 32.5. The summed E-state index contributed by atoms with van der Waals surface area (Å²) in [5.41, 5.74) is 11.9. The molecular formula is C55H96N9O13PS. The number of aliphatic hydroxyl groups is 1. The lowest BCUT2D eigenvalue weighted by Gasteiger charge is -2.28. The van der Waals surface area contributed by atoms with Gasteiger partial charge in [-0.25, -0.2) is 10.5 Å². The number of nitrogens with one attached hydrogen (secondary N) is 1. The number of aldehydes is 2. The Bertz CT molecular complexity index is 2040. The number of rotatable bonds is 39. The number of aromatic nitrogens is 3. The number of allylic oxidation sites excluding steroid dienone is 1. The second kappa shape index (κ2) is 50.5. The summed E-state index contributed by atoms with van der Waals surface area (Å²) >= 11 is 1.49. The van der Waals surface area contributed by atoms with Crippen LogP contribution in [0.25, 0.3) is 22.5 Å². The zero-order valence-electron chi connectivity index (χ0n) is 48.7. The number of carbonyl (C=O) groups is 4. The molecule has 2 unspecified atom stereocenters. The maximum Gasteiger partial charge on any atom is 0.329 e. The number of unbranched alkanes of at least 4 members (excludes halogenated alkanes) is 3. The normalized spacial score (nSPS) is 12.1. The van der Waals surface area contributed by atoms with Gasteiger partial charge < -0.3 is 78.2 Å². The predicted molar refractivity (Wildman–Crippen MR) is 315 cm³/mol. The van der Waals surface area contributed by atoms with Crippen LogP contribution < -0.4 is 21.8 Å². The van der Waals surface area contributed by atoms with E-state index in [2.05, 4.69) is 32.3 Å². The second-order valence-electron chi connectivity index (χ2n) is 16.6. The van der Waals surface area contributed by atoms with E-state index in [1.807, 2.05) is 87.6 Å². The summed E-state index contributed by atoms with van der Waals surface area (Å²) in [5, 5.41) is 20.4. The van der Waals surface area contributed by atoms with E-state index in [0.29, 0.717) is 118 Å². The Morgan fingerprint density at radius 2 is 1.42 bits per heavy atom. The van der Waals surface area contributed by atoms with Crippen molar-refractivity contribution in [2.75, 3.05) is 131 Å². The summed E-state index contributed by atoms with van der Waals surface area (Å²) in [5.74, 6) is 6.58. The molecule has 1 aromatic heterocycles. The topological polar surface area (TPSA) is 278 Å². The van der Waals surface area contributed by atoms with E-state index in [0.717, 1.165) is 97.0 Å². The first kappa shape index (κ1) is 74.5. The summed E-state index contributed by atoms with van der Waals surface area (Å²) in [4.78, 5) is 59.0. The molecule has 0 aliphatic carbocycles. The van der Waals surface area contributed by atoms with E-state index in [1.54, 1.807) is 13.2 Å². The molecule has 7 N–H and O–H groups in total. The maximum atomic E-state index is 13.3. The molecule has 0 saturated carbocycles. The van der Waals surface area contributed by atoms with E-state index in [9.17, 15) is 19.2 Å². The molecule has 2 atom stereocenters. The zero-order valence-corrected chi connectivity index (χ0v) is 50.4. The van der Waals surface area contributed by atoms with E-state index in [-0.39, 0.29) is 23.5 Å². The molecule has 3 aromatic rings. The molecule has 2 heterocycles. The fourth-order valence-corrected chi connectivity index (χ4v) is 8.47. The number of thioether (sulfide) groups is 1. The standard InChI is InChI=1S/C35H52N8O6.C15H28NO6PS.2C2H6.CH4O/c1-3-29(36)27-41(37)14-16-45-18-20-47-22-24-49-25-23-48-21-19-46-17-15-43-35-30-9-5-4-8-28(30)26-42(33(44)12-13-38-2)32-11-7-6-10-31(32)34(35)39-40-43;1-16(8-7-9-17)15(19)12-14(13-18)24-11-6-4-3-5-10-22-23(20)21-2;3*1-2/h4-11,27,38H,3,12-26,36-37H2,1-2H3;9,13-14,20H,3-8,10-12H2,1-2H3;2*1-2H3;2H,1H3/b29-27-;;;;. The Labute approximate surface area is 476 Å². The highest BCUT2D eigenvalue weighted by molar-refractivity contribution is 8.00. The van der Waals surface area contributed by atoms with Crippen LogP contribution in [0.4, 0.5) is 5.69 Å². The highest BCUT2D eigenvalue weighted by Crippen LogP contribution is 2.41. The van der Waals surface area contributed by atoms with E-state index < -0.39 is 8.60 Å². The molecule has 79 heavy (non-hydrogen) atoms. The molecule has 1 aliphatic rings. The minimum absolute atomic E-state index is 0.0553. The number of anilines is 1. The molecule has 24 heteroatoms. The molecule has 4 rings (SSSR count). The third-order valence-electron chi connectivity index (χ3n) is 11.1. The van der Waals surface area contributed by atoms with Gasteiger partial charge in [0, 0.05) is 76.6 Å². The number of amides is 2. The average molecular weight is 1150 g/mol. The number of fused-ring (bicyclic) bond motifs is 5. The second-order valence-corrected chi connectivity index (χ2v) is 19.0. The third-order valence-corrected chi connectivity index (χ3v) is 13.1. The van der Waals surface area contributed by atoms with Gasteiger partial charge in [-0.15, -0.1) is 5.10 Å².